The quantitative estimate of drug-likeness (QED) is 0.485. The minimum absolute atomic E-state index is 0.0317. The molecule has 0 aliphatic heterocycles. The summed E-state index contributed by atoms with van der Waals surface area (Å²) < 4.78 is 0. The number of rotatable bonds is 10. The van der Waals surface area contributed by atoms with E-state index in [-0.39, 0.29) is 17.9 Å². The molecule has 0 spiro atoms. The number of hydrogen-bond acceptors (Lipinski definition) is 3. The van der Waals surface area contributed by atoms with Gasteiger partial charge in [0.2, 0.25) is 11.8 Å². The summed E-state index contributed by atoms with van der Waals surface area (Å²) in [4.78, 5) is 28.0. The molecule has 1 atom stereocenters. The van der Waals surface area contributed by atoms with Gasteiger partial charge in [0.1, 0.15) is 6.04 Å². The summed E-state index contributed by atoms with van der Waals surface area (Å²) in [6.45, 7) is 4.39. The Bertz CT molecular complexity index is 865. The molecule has 0 unspecified atom stereocenters. The number of nitrogens with one attached hydrogen (secondary N) is 1. The molecule has 0 saturated heterocycles. The van der Waals surface area contributed by atoms with Crippen LogP contribution in [0.15, 0.2) is 54.6 Å². The highest BCUT2D eigenvalue weighted by Gasteiger charge is 2.28. The summed E-state index contributed by atoms with van der Waals surface area (Å²) in [5, 5.41) is 3.21. The third kappa shape index (κ3) is 7.40. The third-order valence-corrected chi connectivity index (χ3v) is 7.32. The Hall–Kier alpha value is -2.27. The molecule has 172 valence electrons. The van der Waals surface area contributed by atoms with Gasteiger partial charge < -0.3 is 10.2 Å². The minimum atomic E-state index is -0.483. The first-order chi connectivity index (χ1) is 15.5. The van der Waals surface area contributed by atoms with Gasteiger partial charge in [0, 0.05) is 30.5 Å². The van der Waals surface area contributed by atoms with Crippen LogP contribution in [0.1, 0.15) is 62.1 Å². The van der Waals surface area contributed by atoms with Crippen LogP contribution in [0.5, 0.6) is 0 Å². The van der Waals surface area contributed by atoms with Gasteiger partial charge in [0.05, 0.1) is 0 Å². The zero-order valence-corrected chi connectivity index (χ0v) is 20.2. The van der Waals surface area contributed by atoms with Crippen LogP contribution in [0.3, 0.4) is 0 Å². The lowest BCUT2D eigenvalue weighted by atomic mass is 9.95. The van der Waals surface area contributed by atoms with Crippen LogP contribution >= 0.6 is 11.8 Å². The molecule has 3 rings (SSSR count). The summed E-state index contributed by atoms with van der Waals surface area (Å²) in [5.41, 5.74) is 3.50. The summed E-state index contributed by atoms with van der Waals surface area (Å²) in [6, 6.07) is 18.2. The molecule has 1 fully saturated rings. The van der Waals surface area contributed by atoms with Gasteiger partial charge >= 0.3 is 0 Å². The first-order valence-electron chi connectivity index (χ1n) is 11.8. The molecular weight excluding hydrogens is 416 g/mol. The standard InChI is InChI=1S/C27H36N2O2S/c1-21-11-9-10-14-24(21)19-29(22(2)27(31)28-25-15-7-4-8-16-25)26(30)17-18-32-20-23-12-5-3-6-13-23/h3,5-6,9-14,22,25H,4,7-8,15-20H2,1-2H3,(H,28,31)/t22-/m0/s1. The summed E-state index contributed by atoms with van der Waals surface area (Å²) in [5.74, 6) is 1.65. The zero-order chi connectivity index (χ0) is 22.8. The average Bonchev–Trinajstić information content (AvgIpc) is 2.82. The number of thioether (sulfide) groups is 1. The third-order valence-electron chi connectivity index (χ3n) is 6.29. The van der Waals surface area contributed by atoms with Crippen molar-refractivity contribution in [3.8, 4) is 0 Å². The van der Waals surface area contributed by atoms with Crippen LogP contribution in [0.2, 0.25) is 0 Å². The molecule has 0 bridgehead atoms. The number of carbonyl (C=O) groups is 2. The number of aryl methyl sites for hydroxylation is 1. The maximum atomic E-state index is 13.2. The van der Waals surface area contributed by atoms with E-state index in [9.17, 15) is 9.59 Å². The smallest absolute Gasteiger partial charge is 0.242 e. The fourth-order valence-electron chi connectivity index (χ4n) is 4.19. The number of amides is 2. The second kappa shape index (κ2) is 12.7. The van der Waals surface area contributed by atoms with Crippen LogP contribution in [0.4, 0.5) is 0 Å². The van der Waals surface area contributed by atoms with E-state index in [0.717, 1.165) is 35.5 Å². The van der Waals surface area contributed by atoms with Crippen molar-refractivity contribution < 1.29 is 9.59 Å². The molecule has 0 heterocycles. The second-order valence-corrected chi connectivity index (χ2v) is 9.86. The lowest BCUT2D eigenvalue weighted by Crippen LogP contribution is -2.50. The first-order valence-corrected chi connectivity index (χ1v) is 13.0. The predicted molar refractivity (Wildman–Crippen MR) is 133 cm³/mol. The Morgan fingerprint density at radius 1 is 1.03 bits per heavy atom. The Labute approximate surface area is 197 Å². The molecule has 2 amide bonds. The molecular formula is C27H36N2O2S. The molecule has 32 heavy (non-hydrogen) atoms. The van der Waals surface area contributed by atoms with E-state index in [0.29, 0.717) is 13.0 Å². The van der Waals surface area contributed by atoms with Gasteiger partial charge in [-0.2, -0.15) is 11.8 Å². The molecule has 4 nitrogen and oxygen atoms in total. The van der Waals surface area contributed by atoms with Crippen LogP contribution in [-0.2, 0) is 21.9 Å². The average molecular weight is 453 g/mol. The molecule has 0 radical (unpaired) electrons. The van der Waals surface area contributed by atoms with Gasteiger partial charge in [0.25, 0.3) is 0 Å². The van der Waals surface area contributed by atoms with E-state index in [2.05, 4.69) is 30.4 Å². The summed E-state index contributed by atoms with van der Waals surface area (Å²) in [6.07, 6.45) is 6.11. The number of carbonyl (C=O) groups excluding carboxylic acids is 2. The van der Waals surface area contributed by atoms with Crippen molar-refractivity contribution in [2.75, 3.05) is 5.75 Å². The van der Waals surface area contributed by atoms with E-state index >= 15 is 0 Å². The largest absolute Gasteiger partial charge is 0.352 e. The molecule has 1 aliphatic rings. The highest BCUT2D eigenvalue weighted by molar-refractivity contribution is 7.98. The second-order valence-electron chi connectivity index (χ2n) is 8.76. The maximum Gasteiger partial charge on any atom is 0.242 e. The number of benzene rings is 2. The van der Waals surface area contributed by atoms with Crippen molar-refractivity contribution in [3.63, 3.8) is 0 Å². The molecule has 1 aliphatic carbocycles. The Morgan fingerprint density at radius 2 is 1.72 bits per heavy atom. The van der Waals surface area contributed by atoms with Crippen LogP contribution in [-0.4, -0.2) is 34.6 Å². The van der Waals surface area contributed by atoms with Gasteiger partial charge in [-0.05, 0) is 43.4 Å². The highest BCUT2D eigenvalue weighted by Crippen LogP contribution is 2.20. The van der Waals surface area contributed by atoms with Gasteiger partial charge in [-0.3, -0.25) is 9.59 Å². The van der Waals surface area contributed by atoms with E-state index in [1.54, 1.807) is 16.7 Å². The van der Waals surface area contributed by atoms with Gasteiger partial charge in [-0.15, -0.1) is 0 Å². The van der Waals surface area contributed by atoms with Crippen molar-refractivity contribution >= 4 is 23.6 Å². The Morgan fingerprint density at radius 3 is 2.44 bits per heavy atom. The van der Waals surface area contributed by atoms with Crippen LogP contribution in [0, 0.1) is 6.92 Å². The highest BCUT2D eigenvalue weighted by atomic mass is 32.2. The van der Waals surface area contributed by atoms with Gasteiger partial charge in [-0.1, -0.05) is 73.9 Å². The minimum Gasteiger partial charge on any atom is -0.352 e. The van der Waals surface area contributed by atoms with Gasteiger partial charge in [0.15, 0.2) is 0 Å². The van der Waals surface area contributed by atoms with Crippen molar-refractivity contribution in [3.05, 3.63) is 71.3 Å². The predicted octanol–water partition coefficient (Wildman–Crippen LogP) is 5.48. The Kier molecular flexibility index (Phi) is 9.66. The molecule has 1 saturated carbocycles. The van der Waals surface area contributed by atoms with Crippen molar-refractivity contribution in [2.24, 2.45) is 0 Å². The monoisotopic (exact) mass is 452 g/mol. The van der Waals surface area contributed by atoms with E-state index in [4.69, 9.17) is 0 Å². The molecule has 2 aromatic rings. The maximum absolute atomic E-state index is 13.2. The molecule has 5 heteroatoms. The van der Waals surface area contributed by atoms with E-state index < -0.39 is 6.04 Å². The number of nitrogens with zero attached hydrogens (tertiary/aromatic N) is 1. The summed E-state index contributed by atoms with van der Waals surface area (Å²) in [7, 11) is 0. The van der Waals surface area contributed by atoms with Crippen molar-refractivity contribution in [1.82, 2.24) is 10.2 Å². The zero-order valence-electron chi connectivity index (χ0n) is 19.4. The van der Waals surface area contributed by atoms with Crippen LogP contribution in [0.25, 0.3) is 0 Å². The fraction of sp³-hybridized carbons (Fsp3) is 0.481. The van der Waals surface area contributed by atoms with Crippen molar-refractivity contribution in [1.29, 1.82) is 0 Å². The summed E-state index contributed by atoms with van der Waals surface area (Å²) >= 11 is 1.76. The lowest BCUT2D eigenvalue weighted by Gasteiger charge is -2.31. The SMILES string of the molecule is Cc1ccccc1CN(C(=O)CCSCc1ccccc1)[C@@H](C)C(=O)NC1CCCCC1. The first kappa shape index (κ1) is 24.4. The normalized spacial score (nSPS) is 15.2. The van der Waals surface area contributed by atoms with Gasteiger partial charge in [-0.25, -0.2) is 0 Å². The lowest BCUT2D eigenvalue weighted by molar-refractivity contribution is -0.140. The molecule has 1 N–H and O–H groups in total. The Balaban J connectivity index is 1.61. The fourth-order valence-corrected chi connectivity index (χ4v) is 5.08. The molecule has 2 aromatic carbocycles. The van der Waals surface area contributed by atoms with E-state index in [1.165, 1.54) is 24.8 Å². The van der Waals surface area contributed by atoms with Crippen molar-refractivity contribution in [2.45, 2.75) is 76.8 Å². The van der Waals surface area contributed by atoms with Crippen LogP contribution < -0.4 is 5.32 Å². The topological polar surface area (TPSA) is 49.4 Å². The number of hydrogen-bond donors (Lipinski definition) is 1. The molecule has 0 aromatic heterocycles. The van der Waals surface area contributed by atoms with E-state index in [1.807, 2.05) is 43.3 Å².